The van der Waals surface area contributed by atoms with E-state index in [0.29, 0.717) is 6.54 Å². The molecule has 1 saturated heterocycles. The molecule has 0 saturated carbocycles. The van der Waals surface area contributed by atoms with Crippen molar-refractivity contribution in [3.8, 4) is 0 Å². The molecule has 5 nitrogen and oxygen atoms in total. The Hall–Kier alpha value is -1.59. The molecule has 2 atom stereocenters. The maximum atomic E-state index is 12.1. The summed E-state index contributed by atoms with van der Waals surface area (Å²) in [6, 6.07) is 9.25. The van der Waals surface area contributed by atoms with E-state index in [1.165, 1.54) is 0 Å². The van der Waals surface area contributed by atoms with E-state index in [9.17, 15) is 9.90 Å². The topological polar surface area (TPSA) is 70.0 Å². The molecule has 1 aromatic carbocycles. The lowest BCUT2D eigenvalue weighted by molar-refractivity contribution is 0.0370. The number of rotatable bonds is 5. The molecule has 2 unspecified atom stereocenters. The highest BCUT2D eigenvalue weighted by Gasteiger charge is 2.34. The van der Waals surface area contributed by atoms with Crippen molar-refractivity contribution in [3.63, 3.8) is 0 Å². The second kappa shape index (κ2) is 7.26. The smallest absolute Gasteiger partial charge is 0.410 e. The SMILES string of the molecule is O=C(OCc1ccccc1)N1CCCC1C(O)CCO. The Labute approximate surface area is 118 Å². The van der Waals surface area contributed by atoms with E-state index in [0.717, 1.165) is 18.4 Å². The third-order valence-corrected chi connectivity index (χ3v) is 3.61. The van der Waals surface area contributed by atoms with Gasteiger partial charge in [0.15, 0.2) is 0 Å². The van der Waals surface area contributed by atoms with Gasteiger partial charge >= 0.3 is 6.09 Å². The van der Waals surface area contributed by atoms with Crippen molar-refractivity contribution in [2.75, 3.05) is 13.2 Å². The minimum Gasteiger partial charge on any atom is -0.445 e. The number of aliphatic hydroxyl groups excluding tert-OH is 2. The zero-order valence-corrected chi connectivity index (χ0v) is 11.4. The summed E-state index contributed by atoms with van der Waals surface area (Å²) in [6.07, 6.45) is 0.808. The summed E-state index contributed by atoms with van der Waals surface area (Å²) in [5, 5.41) is 18.8. The Bertz CT molecular complexity index is 423. The van der Waals surface area contributed by atoms with Crippen LogP contribution in [-0.2, 0) is 11.3 Å². The second-order valence-electron chi connectivity index (χ2n) is 5.02. The average Bonchev–Trinajstić information content (AvgIpc) is 2.96. The lowest BCUT2D eigenvalue weighted by atomic mass is 10.1. The molecule has 5 heteroatoms. The van der Waals surface area contributed by atoms with Crippen molar-refractivity contribution in [2.24, 2.45) is 0 Å². The molecule has 1 heterocycles. The Morgan fingerprint density at radius 2 is 2.15 bits per heavy atom. The van der Waals surface area contributed by atoms with E-state index >= 15 is 0 Å². The van der Waals surface area contributed by atoms with Gasteiger partial charge in [-0.2, -0.15) is 0 Å². The normalized spacial score (nSPS) is 19.9. The van der Waals surface area contributed by atoms with Crippen LogP contribution < -0.4 is 0 Å². The number of amides is 1. The molecule has 2 rings (SSSR count). The molecule has 0 bridgehead atoms. The molecule has 20 heavy (non-hydrogen) atoms. The van der Waals surface area contributed by atoms with Crippen LogP contribution in [0.1, 0.15) is 24.8 Å². The fourth-order valence-corrected chi connectivity index (χ4v) is 2.55. The van der Waals surface area contributed by atoms with Crippen LogP contribution in [0, 0.1) is 0 Å². The number of ether oxygens (including phenoxy) is 1. The van der Waals surface area contributed by atoms with E-state index in [2.05, 4.69) is 0 Å². The van der Waals surface area contributed by atoms with Gasteiger partial charge in [0.1, 0.15) is 6.61 Å². The van der Waals surface area contributed by atoms with E-state index < -0.39 is 12.2 Å². The average molecular weight is 279 g/mol. The van der Waals surface area contributed by atoms with Crippen LogP contribution in [0.4, 0.5) is 4.79 Å². The Morgan fingerprint density at radius 1 is 1.40 bits per heavy atom. The minimum atomic E-state index is -0.688. The quantitative estimate of drug-likeness (QED) is 0.857. The second-order valence-corrected chi connectivity index (χ2v) is 5.02. The number of hydrogen-bond acceptors (Lipinski definition) is 4. The fourth-order valence-electron chi connectivity index (χ4n) is 2.55. The number of carbonyl (C=O) groups excluding carboxylic acids is 1. The fraction of sp³-hybridized carbons (Fsp3) is 0.533. The summed E-state index contributed by atoms with van der Waals surface area (Å²) >= 11 is 0. The number of likely N-dealkylation sites (tertiary alicyclic amines) is 1. The molecule has 1 aliphatic heterocycles. The van der Waals surface area contributed by atoms with Crippen LogP contribution in [0.5, 0.6) is 0 Å². The molecule has 0 aromatic heterocycles. The third-order valence-electron chi connectivity index (χ3n) is 3.61. The van der Waals surface area contributed by atoms with Crippen molar-refractivity contribution in [3.05, 3.63) is 35.9 Å². The van der Waals surface area contributed by atoms with Crippen LogP contribution >= 0.6 is 0 Å². The van der Waals surface area contributed by atoms with Gasteiger partial charge in [-0.15, -0.1) is 0 Å². The van der Waals surface area contributed by atoms with Crippen molar-refractivity contribution >= 4 is 6.09 Å². The highest BCUT2D eigenvalue weighted by atomic mass is 16.6. The summed E-state index contributed by atoms with van der Waals surface area (Å²) in [6.45, 7) is 0.754. The molecule has 0 radical (unpaired) electrons. The van der Waals surface area contributed by atoms with Gasteiger partial charge < -0.3 is 19.8 Å². The molecule has 1 aromatic rings. The van der Waals surface area contributed by atoms with Crippen LogP contribution in [-0.4, -0.2) is 46.5 Å². The van der Waals surface area contributed by atoms with Crippen molar-refractivity contribution in [1.82, 2.24) is 4.90 Å². The monoisotopic (exact) mass is 279 g/mol. The van der Waals surface area contributed by atoms with E-state index in [4.69, 9.17) is 9.84 Å². The summed E-state index contributed by atoms with van der Waals surface area (Å²) in [7, 11) is 0. The zero-order chi connectivity index (χ0) is 14.4. The Morgan fingerprint density at radius 3 is 2.85 bits per heavy atom. The number of benzene rings is 1. The van der Waals surface area contributed by atoms with Gasteiger partial charge in [0, 0.05) is 13.2 Å². The molecular formula is C15H21NO4. The molecule has 2 N–H and O–H groups in total. The largest absolute Gasteiger partial charge is 0.445 e. The maximum absolute atomic E-state index is 12.1. The van der Waals surface area contributed by atoms with Crippen molar-refractivity contribution < 1.29 is 19.7 Å². The molecule has 1 fully saturated rings. The Kier molecular flexibility index (Phi) is 5.38. The van der Waals surface area contributed by atoms with Gasteiger partial charge in [-0.1, -0.05) is 30.3 Å². The molecule has 1 amide bonds. The summed E-state index contributed by atoms with van der Waals surface area (Å²) in [4.78, 5) is 13.6. The van der Waals surface area contributed by atoms with E-state index in [1.807, 2.05) is 30.3 Å². The van der Waals surface area contributed by atoms with Gasteiger partial charge in [0.25, 0.3) is 0 Å². The molecule has 0 aliphatic carbocycles. The van der Waals surface area contributed by atoms with Crippen LogP contribution in [0.2, 0.25) is 0 Å². The first kappa shape index (κ1) is 14.8. The zero-order valence-electron chi connectivity index (χ0n) is 11.4. The predicted molar refractivity (Wildman–Crippen MR) is 74.1 cm³/mol. The van der Waals surface area contributed by atoms with Gasteiger partial charge in [-0.3, -0.25) is 0 Å². The molecule has 0 spiro atoms. The summed E-state index contributed by atoms with van der Waals surface area (Å²) < 4.78 is 5.28. The first-order valence-corrected chi connectivity index (χ1v) is 6.98. The number of nitrogens with zero attached hydrogens (tertiary/aromatic N) is 1. The highest BCUT2D eigenvalue weighted by molar-refractivity contribution is 5.68. The predicted octanol–water partition coefficient (Wildman–Crippen LogP) is 1.53. The summed E-state index contributed by atoms with van der Waals surface area (Å²) in [5.41, 5.74) is 0.938. The summed E-state index contributed by atoms with van der Waals surface area (Å²) in [5.74, 6) is 0. The van der Waals surface area contributed by atoms with Gasteiger partial charge in [-0.05, 0) is 24.8 Å². The van der Waals surface area contributed by atoms with Crippen molar-refractivity contribution in [2.45, 2.75) is 38.0 Å². The molecule has 1 aliphatic rings. The highest BCUT2D eigenvalue weighted by Crippen LogP contribution is 2.23. The Balaban J connectivity index is 1.88. The van der Waals surface area contributed by atoms with E-state index in [1.54, 1.807) is 4.90 Å². The van der Waals surface area contributed by atoms with Gasteiger partial charge in [0.2, 0.25) is 0 Å². The van der Waals surface area contributed by atoms with Gasteiger partial charge in [0.05, 0.1) is 12.1 Å². The van der Waals surface area contributed by atoms with Gasteiger partial charge in [-0.25, -0.2) is 4.79 Å². The maximum Gasteiger partial charge on any atom is 0.410 e. The number of hydrogen-bond donors (Lipinski definition) is 2. The van der Waals surface area contributed by atoms with Crippen molar-refractivity contribution in [1.29, 1.82) is 0 Å². The molecule has 110 valence electrons. The van der Waals surface area contributed by atoms with E-state index in [-0.39, 0.29) is 25.7 Å². The molecular weight excluding hydrogens is 258 g/mol. The van der Waals surface area contributed by atoms with Crippen LogP contribution in [0.25, 0.3) is 0 Å². The van der Waals surface area contributed by atoms with Crippen LogP contribution in [0.3, 0.4) is 0 Å². The third kappa shape index (κ3) is 3.71. The van der Waals surface area contributed by atoms with Crippen LogP contribution in [0.15, 0.2) is 30.3 Å². The standard InChI is InChI=1S/C15H21NO4/c17-10-8-14(18)13-7-4-9-16(13)15(19)20-11-12-5-2-1-3-6-12/h1-3,5-6,13-14,17-18H,4,7-11H2. The first-order valence-electron chi connectivity index (χ1n) is 6.98. The lowest BCUT2D eigenvalue weighted by Crippen LogP contribution is -2.43. The minimum absolute atomic E-state index is 0.0788. The number of carbonyl (C=O) groups is 1. The first-order chi connectivity index (χ1) is 9.72. The lowest BCUT2D eigenvalue weighted by Gasteiger charge is -2.27. The number of aliphatic hydroxyl groups is 2.